The molecule has 2 amide bonds. The van der Waals surface area contributed by atoms with Crippen molar-refractivity contribution in [1.82, 2.24) is 4.90 Å². The second-order valence-corrected chi connectivity index (χ2v) is 7.49. The number of hydrogen-bond acceptors (Lipinski definition) is 6. The van der Waals surface area contributed by atoms with Crippen LogP contribution in [-0.4, -0.2) is 48.2 Å². The van der Waals surface area contributed by atoms with Crippen LogP contribution < -0.4 is 4.74 Å². The maximum absolute atomic E-state index is 12.7. The minimum Gasteiger partial charge on any atom is -0.497 e. The van der Waals surface area contributed by atoms with E-state index in [0.717, 1.165) is 11.3 Å². The summed E-state index contributed by atoms with van der Waals surface area (Å²) in [7, 11) is 1.49. The number of esters is 1. The van der Waals surface area contributed by atoms with Gasteiger partial charge in [-0.05, 0) is 37.3 Å². The molecule has 2 bridgehead atoms. The standard InChI is InChI=1S/C21H21NO6/c1-11(21(26)28-10-16(23)12-4-3-5-15(9-12)27-2)22-19(24)17-13-6-7-14(8-13)18(17)20(22)25/h3-7,9,11,13-14,17-18H,8,10H2,1-2H3/t11-,13-,14-,17-,18-/m0/s1. The first-order chi connectivity index (χ1) is 13.4. The Kier molecular flexibility index (Phi) is 4.53. The van der Waals surface area contributed by atoms with Gasteiger partial charge in [0, 0.05) is 5.56 Å². The number of ketones is 1. The highest BCUT2D eigenvalue weighted by molar-refractivity contribution is 6.09. The maximum atomic E-state index is 12.7. The number of allylic oxidation sites excluding steroid dienone is 2. The number of rotatable bonds is 6. The number of hydrogen-bond donors (Lipinski definition) is 0. The van der Waals surface area contributed by atoms with E-state index < -0.39 is 24.4 Å². The topological polar surface area (TPSA) is 90.0 Å². The van der Waals surface area contributed by atoms with Crippen molar-refractivity contribution in [1.29, 1.82) is 0 Å². The van der Waals surface area contributed by atoms with E-state index >= 15 is 0 Å². The predicted octanol–water partition coefficient (Wildman–Crippen LogP) is 1.62. The Hall–Kier alpha value is -2.96. The van der Waals surface area contributed by atoms with E-state index in [1.165, 1.54) is 14.0 Å². The van der Waals surface area contributed by atoms with Gasteiger partial charge in [-0.2, -0.15) is 0 Å². The van der Waals surface area contributed by atoms with Crippen molar-refractivity contribution in [3.05, 3.63) is 42.0 Å². The number of methoxy groups -OCH3 is 1. The molecule has 1 heterocycles. The molecule has 0 radical (unpaired) electrons. The Bertz CT molecular complexity index is 861. The summed E-state index contributed by atoms with van der Waals surface area (Å²) in [6, 6.07) is 5.47. The van der Waals surface area contributed by atoms with Crippen molar-refractivity contribution in [2.45, 2.75) is 19.4 Å². The highest BCUT2D eigenvalue weighted by Gasteiger charge is 2.60. The van der Waals surface area contributed by atoms with Crippen molar-refractivity contribution >= 4 is 23.6 Å². The maximum Gasteiger partial charge on any atom is 0.329 e. The van der Waals surface area contributed by atoms with Gasteiger partial charge in [0.25, 0.3) is 0 Å². The molecule has 4 rings (SSSR count). The van der Waals surface area contributed by atoms with Crippen LogP contribution >= 0.6 is 0 Å². The van der Waals surface area contributed by atoms with Crippen LogP contribution in [0.3, 0.4) is 0 Å². The first kappa shape index (κ1) is 18.4. The number of carbonyl (C=O) groups excluding carboxylic acids is 4. The molecule has 146 valence electrons. The van der Waals surface area contributed by atoms with Crippen LogP contribution in [0.4, 0.5) is 0 Å². The number of nitrogens with zero attached hydrogens (tertiary/aromatic N) is 1. The lowest BCUT2D eigenvalue weighted by atomic mass is 9.85. The zero-order valence-corrected chi connectivity index (χ0v) is 15.7. The summed E-state index contributed by atoms with van der Waals surface area (Å²) >= 11 is 0. The fourth-order valence-corrected chi connectivity index (χ4v) is 4.55. The predicted molar refractivity (Wildman–Crippen MR) is 97.3 cm³/mol. The molecule has 7 heteroatoms. The van der Waals surface area contributed by atoms with Crippen LogP contribution in [-0.2, 0) is 19.1 Å². The molecule has 0 aromatic heterocycles. The van der Waals surface area contributed by atoms with Gasteiger partial charge in [0.2, 0.25) is 11.8 Å². The summed E-state index contributed by atoms with van der Waals surface area (Å²) in [5.74, 6) is -1.83. The van der Waals surface area contributed by atoms with Gasteiger partial charge >= 0.3 is 5.97 Å². The Labute approximate surface area is 162 Å². The van der Waals surface area contributed by atoms with E-state index in [1.807, 2.05) is 12.2 Å². The first-order valence-corrected chi connectivity index (χ1v) is 9.31. The molecular weight excluding hydrogens is 362 g/mol. The van der Waals surface area contributed by atoms with Crippen LogP contribution in [0.5, 0.6) is 5.75 Å². The second kappa shape index (κ2) is 6.89. The minimum absolute atomic E-state index is 0.0781. The summed E-state index contributed by atoms with van der Waals surface area (Å²) in [5, 5.41) is 0. The molecule has 2 aliphatic carbocycles. The average molecular weight is 383 g/mol. The van der Waals surface area contributed by atoms with Crippen LogP contribution in [0, 0.1) is 23.7 Å². The van der Waals surface area contributed by atoms with Crippen LogP contribution in [0.15, 0.2) is 36.4 Å². The number of amides is 2. The molecule has 1 aromatic rings. The van der Waals surface area contributed by atoms with Crippen molar-refractivity contribution in [3.8, 4) is 5.75 Å². The highest BCUT2D eigenvalue weighted by Crippen LogP contribution is 2.52. The normalized spacial score (nSPS) is 28.4. The number of Topliss-reactive ketones (excluding diaryl/α,β-unsaturated/α-hetero) is 1. The SMILES string of the molecule is COc1cccc(C(=O)COC(=O)[C@H](C)N2C(=O)[C@@H]3[C@@H](C2=O)[C@H]2C=C[C@H]3C2)c1. The molecule has 0 unspecified atom stereocenters. The minimum atomic E-state index is -1.05. The van der Waals surface area contributed by atoms with Crippen molar-refractivity contribution < 1.29 is 28.7 Å². The summed E-state index contributed by atoms with van der Waals surface area (Å²) in [6.45, 7) is 0.997. The third kappa shape index (κ3) is 2.82. The quantitative estimate of drug-likeness (QED) is 0.321. The van der Waals surface area contributed by atoms with Gasteiger partial charge in [-0.3, -0.25) is 19.3 Å². The van der Waals surface area contributed by atoms with Crippen LogP contribution in [0.25, 0.3) is 0 Å². The zero-order valence-electron chi connectivity index (χ0n) is 15.7. The lowest BCUT2D eigenvalue weighted by molar-refractivity contribution is -0.157. The number of benzene rings is 1. The molecule has 0 spiro atoms. The molecule has 1 aromatic carbocycles. The number of imide groups is 1. The Morgan fingerprint density at radius 3 is 2.39 bits per heavy atom. The monoisotopic (exact) mass is 383 g/mol. The second-order valence-electron chi connectivity index (χ2n) is 7.49. The molecular formula is C21H21NO6. The van der Waals surface area contributed by atoms with Gasteiger partial charge in [-0.15, -0.1) is 0 Å². The Morgan fingerprint density at radius 1 is 1.14 bits per heavy atom. The molecule has 7 nitrogen and oxygen atoms in total. The molecule has 2 fully saturated rings. The summed E-state index contributed by atoms with van der Waals surface area (Å²) in [5.41, 5.74) is 0.352. The van der Waals surface area contributed by atoms with E-state index in [0.29, 0.717) is 11.3 Å². The van der Waals surface area contributed by atoms with Gasteiger partial charge in [0.05, 0.1) is 18.9 Å². The molecule has 1 saturated heterocycles. The van der Waals surface area contributed by atoms with Gasteiger partial charge < -0.3 is 9.47 Å². The fourth-order valence-electron chi connectivity index (χ4n) is 4.55. The lowest BCUT2D eigenvalue weighted by Gasteiger charge is -2.23. The largest absolute Gasteiger partial charge is 0.497 e. The van der Waals surface area contributed by atoms with E-state index in [4.69, 9.17) is 9.47 Å². The van der Waals surface area contributed by atoms with E-state index in [9.17, 15) is 19.2 Å². The van der Waals surface area contributed by atoms with Crippen molar-refractivity contribution in [3.63, 3.8) is 0 Å². The number of fused-ring (bicyclic) bond motifs is 5. The fraction of sp³-hybridized carbons (Fsp3) is 0.429. The molecule has 3 aliphatic rings. The van der Waals surface area contributed by atoms with Crippen LogP contribution in [0.1, 0.15) is 23.7 Å². The van der Waals surface area contributed by atoms with Gasteiger partial charge in [-0.25, -0.2) is 4.79 Å². The van der Waals surface area contributed by atoms with E-state index in [1.54, 1.807) is 24.3 Å². The van der Waals surface area contributed by atoms with Gasteiger partial charge in [0.1, 0.15) is 11.8 Å². The van der Waals surface area contributed by atoms with Crippen LogP contribution in [0.2, 0.25) is 0 Å². The number of carbonyl (C=O) groups is 4. The molecule has 1 aliphatic heterocycles. The molecule has 5 atom stereocenters. The number of ether oxygens (including phenoxy) is 2. The summed E-state index contributed by atoms with van der Waals surface area (Å²) < 4.78 is 10.2. The first-order valence-electron chi connectivity index (χ1n) is 9.31. The third-order valence-electron chi connectivity index (χ3n) is 5.97. The van der Waals surface area contributed by atoms with Crippen molar-refractivity contribution in [2.24, 2.45) is 23.7 Å². The van der Waals surface area contributed by atoms with E-state index in [2.05, 4.69) is 0 Å². The van der Waals surface area contributed by atoms with E-state index in [-0.39, 0.29) is 35.5 Å². The van der Waals surface area contributed by atoms with Crippen molar-refractivity contribution in [2.75, 3.05) is 13.7 Å². The highest BCUT2D eigenvalue weighted by atomic mass is 16.5. The summed E-state index contributed by atoms with van der Waals surface area (Å²) in [4.78, 5) is 51.2. The summed E-state index contributed by atoms with van der Waals surface area (Å²) in [6.07, 6.45) is 4.82. The molecule has 1 saturated carbocycles. The Morgan fingerprint density at radius 2 is 1.79 bits per heavy atom. The van der Waals surface area contributed by atoms with Gasteiger partial charge in [-0.1, -0.05) is 24.3 Å². The Balaban J connectivity index is 1.39. The third-order valence-corrected chi connectivity index (χ3v) is 5.97. The smallest absolute Gasteiger partial charge is 0.329 e. The molecule has 28 heavy (non-hydrogen) atoms. The zero-order chi connectivity index (χ0) is 20.0. The number of likely N-dealkylation sites (tertiary alicyclic amines) is 1. The van der Waals surface area contributed by atoms with Gasteiger partial charge in [0.15, 0.2) is 12.4 Å². The average Bonchev–Trinajstić information content (AvgIpc) is 3.39. The molecule has 0 N–H and O–H groups in total. The lowest BCUT2D eigenvalue weighted by Crippen LogP contribution is -2.45.